The molecule has 0 aliphatic rings. The normalized spacial score (nSPS) is 11.1. The van der Waals surface area contributed by atoms with Gasteiger partial charge in [-0.2, -0.15) is 0 Å². The molecular weight excluding hydrogens is 431 g/mol. The second kappa shape index (κ2) is 8.88. The Morgan fingerprint density at radius 3 is 2.69 bits per heavy atom. The summed E-state index contributed by atoms with van der Waals surface area (Å²) in [6, 6.07) is 11.8. The van der Waals surface area contributed by atoms with Gasteiger partial charge in [0.15, 0.2) is 5.13 Å². The van der Waals surface area contributed by atoms with Crippen LogP contribution in [-0.4, -0.2) is 20.0 Å². The first-order valence-corrected chi connectivity index (χ1v) is 10.9. The molecule has 1 amide bonds. The van der Waals surface area contributed by atoms with Gasteiger partial charge in [-0.05, 0) is 43.2 Å². The monoisotopic (exact) mass is 452 g/mol. The fraction of sp³-hybridized carbons (Fsp3) is 0.217. The van der Waals surface area contributed by atoms with Crippen LogP contribution < -0.4 is 16.6 Å². The lowest BCUT2D eigenvalue weighted by Gasteiger charge is -2.12. The summed E-state index contributed by atoms with van der Waals surface area (Å²) in [4.78, 5) is 43.1. The van der Waals surface area contributed by atoms with Gasteiger partial charge in [0.1, 0.15) is 12.4 Å². The number of hydrogen-bond donors (Lipinski definition) is 1. The van der Waals surface area contributed by atoms with Gasteiger partial charge in [-0.3, -0.25) is 18.7 Å². The number of anilines is 1. The molecule has 0 unspecified atom stereocenters. The predicted molar refractivity (Wildman–Crippen MR) is 123 cm³/mol. The minimum absolute atomic E-state index is 0.208. The van der Waals surface area contributed by atoms with Gasteiger partial charge in [0.25, 0.3) is 5.56 Å². The lowest BCUT2D eigenvalue weighted by molar-refractivity contribution is -0.116. The van der Waals surface area contributed by atoms with Crippen LogP contribution >= 0.6 is 11.3 Å². The predicted octanol–water partition coefficient (Wildman–Crippen LogP) is 3.32. The van der Waals surface area contributed by atoms with Crippen molar-refractivity contribution in [1.29, 1.82) is 0 Å². The van der Waals surface area contributed by atoms with Crippen molar-refractivity contribution >= 4 is 33.3 Å². The van der Waals surface area contributed by atoms with Crippen LogP contribution in [0.25, 0.3) is 10.9 Å². The Morgan fingerprint density at radius 1 is 1.16 bits per heavy atom. The zero-order valence-electron chi connectivity index (χ0n) is 17.6. The van der Waals surface area contributed by atoms with Crippen LogP contribution in [0.4, 0.5) is 9.52 Å². The Labute approximate surface area is 186 Å². The van der Waals surface area contributed by atoms with Gasteiger partial charge in [0.05, 0.1) is 10.9 Å². The summed E-state index contributed by atoms with van der Waals surface area (Å²) in [5, 5.41) is 3.47. The van der Waals surface area contributed by atoms with E-state index in [0.717, 1.165) is 15.0 Å². The number of nitrogens with one attached hydrogen (secondary N) is 1. The molecule has 0 saturated heterocycles. The van der Waals surface area contributed by atoms with Crippen LogP contribution in [-0.2, 0) is 24.3 Å². The van der Waals surface area contributed by atoms with Crippen LogP contribution in [0.2, 0.25) is 0 Å². The van der Waals surface area contributed by atoms with E-state index in [1.165, 1.54) is 22.0 Å². The molecule has 2 aromatic carbocycles. The smallest absolute Gasteiger partial charge is 0.300 e. The summed E-state index contributed by atoms with van der Waals surface area (Å²) in [6.07, 6.45) is 2.13. The molecule has 0 atom stereocenters. The fourth-order valence-electron chi connectivity index (χ4n) is 3.50. The molecular formula is C23H21FN4O3S. The summed E-state index contributed by atoms with van der Waals surface area (Å²) in [7, 11) is 0. The van der Waals surface area contributed by atoms with Crippen molar-refractivity contribution in [2.24, 2.45) is 0 Å². The first kappa shape index (κ1) is 21.6. The van der Waals surface area contributed by atoms with Gasteiger partial charge >= 0.3 is 5.69 Å². The molecule has 0 aliphatic carbocycles. The molecule has 32 heavy (non-hydrogen) atoms. The number of rotatable bonds is 6. The first-order valence-electron chi connectivity index (χ1n) is 10.1. The Morgan fingerprint density at radius 2 is 1.94 bits per heavy atom. The van der Waals surface area contributed by atoms with Crippen LogP contribution in [0.1, 0.15) is 22.9 Å². The number of aryl methyl sites for hydroxylation is 1. The maximum absolute atomic E-state index is 13.8. The molecule has 164 valence electrons. The minimum atomic E-state index is -0.535. The molecule has 0 bridgehead atoms. The average molecular weight is 453 g/mol. The Bertz CT molecular complexity index is 1440. The standard InChI is InChI=1S/C23H21FN4O3S/c1-3-27-21(30)17-6-4-5-7-19(17)28(23(27)31)13-20(29)26-22-25-12-16(32-22)10-15-9-8-14(2)18(24)11-15/h4-9,11-12H,3,10,13H2,1-2H3,(H,25,26,29). The Hall–Kier alpha value is -3.59. The quantitative estimate of drug-likeness (QED) is 0.486. The van der Waals surface area contributed by atoms with Gasteiger partial charge in [0.2, 0.25) is 5.91 Å². The number of para-hydroxylation sites is 1. The van der Waals surface area contributed by atoms with E-state index in [4.69, 9.17) is 0 Å². The van der Waals surface area contributed by atoms with Gasteiger partial charge in [-0.25, -0.2) is 14.2 Å². The topological polar surface area (TPSA) is 86.0 Å². The number of fused-ring (bicyclic) bond motifs is 1. The molecule has 2 heterocycles. The molecule has 4 aromatic rings. The summed E-state index contributed by atoms with van der Waals surface area (Å²) in [5.41, 5.74) is 0.899. The van der Waals surface area contributed by atoms with E-state index >= 15 is 0 Å². The van der Waals surface area contributed by atoms with E-state index in [0.29, 0.717) is 28.0 Å². The lowest BCUT2D eigenvalue weighted by atomic mass is 10.1. The molecule has 9 heteroatoms. The maximum atomic E-state index is 13.8. The van der Waals surface area contributed by atoms with Gasteiger partial charge in [0, 0.05) is 24.0 Å². The van der Waals surface area contributed by atoms with Crippen LogP contribution in [0.5, 0.6) is 0 Å². The minimum Gasteiger partial charge on any atom is -0.300 e. The van der Waals surface area contributed by atoms with Crippen molar-refractivity contribution in [2.75, 3.05) is 5.32 Å². The van der Waals surface area contributed by atoms with Gasteiger partial charge in [-0.1, -0.05) is 24.3 Å². The number of carbonyl (C=O) groups is 1. The highest BCUT2D eigenvalue weighted by Crippen LogP contribution is 2.22. The zero-order chi connectivity index (χ0) is 22.8. The largest absolute Gasteiger partial charge is 0.331 e. The molecule has 0 fully saturated rings. The van der Waals surface area contributed by atoms with E-state index in [1.54, 1.807) is 50.4 Å². The van der Waals surface area contributed by atoms with Crippen molar-refractivity contribution < 1.29 is 9.18 Å². The number of nitrogens with zero attached hydrogens (tertiary/aromatic N) is 3. The van der Waals surface area contributed by atoms with Crippen molar-refractivity contribution in [3.63, 3.8) is 0 Å². The number of aromatic nitrogens is 3. The average Bonchev–Trinajstić information content (AvgIpc) is 3.20. The van der Waals surface area contributed by atoms with Crippen molar-refractivity contribution in [2.45, 2.75) is 33.4 Å². The lowest BCUT2D eigenvalue weighted by Crippen LogP contribution is -2.41. The van der Waals surface area contributed by atoms with Crippen molar-refractivity contribution in [1.82, 2.24) is 14.1 Å². The highest BCUT2D eigenvalue weighted by Gasteiger charge is 2.15. The van der Waals surface area contributed by atoms with Crippen molar-refractivity contribution in [3.8, 4) is 0 Å². The van der Waals surface area contributed by atoms with E-state index in [-0.39, 0.29) is 24.5 Å². The Kier molecular flexibility index (Phi) is 6.00. The van der Waals surface area contributed by atoms with E-state index in [9.17, 15) is 18.8 Å². The van der Waals surface area contributed by atoms with E-state index in [1.807, 2.05) is 6.07 Å². The molecule has 0 saturated carbocycles. The molecule has 2 aromatic heterocycles. The third-order valence-corrected chi connectivity index (χ3v) is 6.08. The third-order valence-electron chi connectivity index (χ3n) is 5.16. The first-order chi connectivity index (χ1) is 15.4. The summed E-state index contributed by atoms with van der Waals surface area (Å²) in [6.45, 7) is 3.37. The van der Waals surface area contributed by atoms with E-state index in [2.05, 4.69) is 10.3 Å². The van der Waals surface area contributed by atoms with Gasteiger partial charge in [-0.15, -0.1) is 11.3 Å². The molecule has 0 spiro atoms. The SMILES string of the molecule is CCn1c(=O)c2ccccc2n(CC(=O)Nc2ncc(Cc3ccc(C)c(F)c3)s2)c1=O. The number of hydrogen-bond acceptors (Lipinski definition) is 5. The van der Waals surface area contributed by atoms with Gasteiger partial charge < -0.3 is 5.32 Å². The number of amides is 1. The van der Waals surface area contributed by atoms with Crippen LogP contribution in [0.3, 0.4) is 0 Å². The molecule has 0 radical (unpaired) electrons. The summed E-state index contributed by atoms with van der Waals surface area (Å²) in [5.74, 6) is -0.688. The molecule has 4 rings (SSSR count). The number of halogens is 1. The summed E-state index contributed by atoms with van der Waals surface area (Å²) >= 11 is 1.29. The molecule has 0 aliphatic heterocycles. The molecule has 1 N–H and O–H groups in total. The summed E-state index contributed by atoms with van der Waals surface area (Å²) < 4.78 is 16.2. The van der Waals surface area contributed by atoms with Crippen LogP contribution in [0.15, 0.2) is 58.3 Å². The number of benzene rings is 2. The van der Waals surface area contributed by atoms with Crippen LogP contribution in [0, 0.1) is 12.7 Å². The maximum Gasteiger partial charge on any atom is 0.331 e. The molecule has 7 nitrogen and oxygen atoms in total. The number of carbonyl (C=O) groups excluding carboxylic acids is 1. The fourth-order valence-corrected chi connectivity index (χ4v) is 4.36. The third kappa shape index (κ3) is 4.24. The number of thiazole rings is 1. The second-order valence-corrected chi connectivity index (χ2v) is 8.49. The Balaban J connectivity index is 1.54. The second-order valence-electron chi connectivity index (χ2n) is 7.38. The highest BCUT2D eigenvalue weighted by molar-refractivity contribution is 7.15. The highest BCUT2D eigenvalue weighted by atomic mass is 32.1. The zero-order valence-corrected chi connectivity index (χ0v) is 18.4. The van der Waals surface area contributed by atoms with Crippen molar-refractivity contribution in [3.05, 3.63) is 91.3 Å². The van der Waals surface area contributed by atoms with E-state index < -0.39 is 11.6 Å².